The van der Waals surface area contributed by atoms with E-state index in [1.54, 1.807) is 13.0 Å². The number of halogens is 2. The molecule has 0 radical (unpaired) electrons. The highest BCUT2D eigenvalue weighted by atomic mass is 32.2. The molecule has 0 heterocycles. The van der Waals surface area contributed by atoms with E-state index in [0.29, 0.717) is 15.4 Å². The van der Waals surface area contributed by atoms with Gasteiger partial charge in [0.1, 0.15) is 0 Å². The first-order chi connectivity index (χ1) is 8.70. The Hall–Kier alpha value is -1.05. The molecule has 1 aromatic rings. The molecule has 108 valence electrons. The van der Waals surface area contributed by atoms with Crippen molar-refractivity contribution in [1.82, 2.24) is 4.31 Å². The molecule has 0 atom stereocenters. The maximum atomic E-state index is 12.3. The third-order valence-electron chi connectivity index (χ3n) is 2.94. The van der Waals surface area contributed by atoms with Gasteiger partial charge in [0.05, 0.1) is 11.4 Å². The first-order valence-electron chi connectivity index (χ1n) is 5.74. The SMILES string of the molecule is Cc1cc(C)c(S(=O)(=O)N(C)CC(F)F)cc1CN. The lowest BCUT2D eigenvalue weighted by Gasteiger charge is -2.19. The molecule has 1 rings (SSSR count). The van der Waals surface area contributed by atoms with Gasteiger partial charge in [0.25, 0.3) is 6.43 Å². The van der Waals surface area contributed by atoms with Crippen LogP contribution in [0.3, 0.4) is 0 Å². The minimum Gasteiger partial charge on any atom is -0.326 e. The van der Waals surface area contributed by atoms with Crippen molar-refractivity contribution < 1.29 is 17.2 Å². The second kappa shape index (κ2) is 5.94. The fourth-order valence-corrected chi connectivity index (χ4v) is 3.23. The molecule has 0 spiro atoms. The van der Waals surface area contributed by atoms with Gasteiger partial charge >= 0.3 is 0 Å². The van der Waals surface area contributed by atoms with Crippen molar-refractivity contribution >= 4 is 10.0 Å². The number of rotatable bonds is 5. The molecule has 0 aliphatic heterocycles. The molecule has 0 aromatic heterocycles. The number of hydrogen-bond donors (Lipinski definition) is 1. The van der Waals surface area contributed by atoms with Crippen molar-refractivity contribution in [3.05, 3.63) is 28.8 Å². The van der Waals surface area contributed by atoms with Crippen molar-refractivity contribution in [2.24, 2.45) is 5.73 Å². The minimum atomic E-state index is -3.92. The summed E-state index contributed by atoms with van der Waals surface area (Å²) in [7, 11) is -2.77. The summed E-state index contributed by atoms with van der Waals surface area (Å²) in [6, 6.07) is 3.16. The van der Waals surface area contributed by atoms with E-state index in [1.807, 2.05) is 6.92 Å². The summed E-state index contributed by atoms with van der Waals surface area (Å²) in [6.45, 7) is 2.84. The van der Waals surface area contributed by atoms with Crippen molar-refractivity contribution in [1.29, 1.82) is 0 Å². The van der Waals surface area contributed by atoms with Gasteiger partial charge in [-0.1, -0.05) is 6.07 Å². The van der Waals surface area contributed by atoms with Crippen LogP contribution in [0.1, 0.15) is 16.7 Å². The van der Waals surface area contributed by atoms with Gasteiger partial charge in [-0.05, 0) is 36.6 Å². The average Bonchev–Trinajstić information content (AvgIpc) is 2.27. The average molecular weight is 292 g/mol. The van der Waals surface area contributed by atoms with Crippen LogP contribution in [0.2, 0.25) is 0 Å². The van der Waals surface area contributed by atoms with Crippen LogP contribution >= 0.6 is 0 Å². The molecule has 0 fully saturated rings. The normalized spacial score (nSPS) is 12.4. The highest BCUT2D eigenvalue weighted by molar-refractivity contribution is 7.89. The molecular formula is C12H18F2N2O2S. The Labute approximate surface area is 112 Å². The molecule has 19 heavy (non-hydrogen) atoms. The summed E-state index contributed by atoms with van der Waals surface area (Å²) >= 11 is 0. The first kappa shape index (κ1) is 16.0. The maximum absolute atomic E-state index is 12.3. The van der Waals surface area contributed by atoms with Gasteiger partial charge in [0.2, 0.25) is 10.0 Å². The smallest absolute Gasteiger partial charge is 0.252 e. The van der Waals surface area contributed by atoms with E-state index in [0.717, 1.165) is 12.6 Å². The molecule has 0 amide bonds. The molecule has 1 aromatic carbocycles. The summed E-state index contributed by atoms with van der Waals surface area (Å²) in [4.78, 5) is 0.0294. The number of alkyl halides is 2. The van der Waals surface area contributed by atoms with Crippen LogP contribution < -0.4 is 5.73 Å². The molecule has 0 aliphatic carbocycles. The number of aryl methyl sites for hydroxylation is 2. The lowest BCUT2D eigenvalue weighted by atomic mass is 10.1. The second-order valence-electron chi connectivity index (χ2n) is 4.42. The molecule has 2 N–H and O–H groups in total. The molecule has 0 bridgehead atoms. The minimum absolute atomic E-state index is 0.0294. The fourth-order valence-electron chi connectivity index (χ4n) is 1.83. The monoisotopic (exact) mass is 292 g/mol. The van der Waals surface area contributed by atoms with E-state index >= 15 is 0 Å². The second-order valence-corrected chi connectivity index (χ2v) is 6.44. The third-order valence-corrected chi connectivity index (χ3v) is 4.90. The first-order valence-corrected chi connectivity index (χ1v) is 7.18. The summed E-state index contributed by atoms with van der Waals surface area (Å²) in [5, 5.41) is 0. The van der Waals surface area contributed by atoms with Crippen molar-refractivity contribution in [2.75, 3.05) is 13.6 Å². The zero-order valence-electron chi connectivity index (χ0n) is 11.2. The molecule has 0 aliphatic rings. The predicted octanol–water partition coefficient (Wildman–Crippen LogP) is 1.65. The van der Waals surface area contributed by atoms with Crippen LogP contribution in [-0.4, -0.2) is 32.7 Å². The van der Waals surface area contributed by atoms with Gasteiger partial charge in [0.15, 0.2) is 0 Å². The third kappa shape index (κ3) is 3.49. The maximum Gasteiger partial charge on any atom is 0.252 e. The van der Waals surface area contributed by atoms with Gasteiger partial charge in [-0.15, -0.1) is 0 Å². The van der Waals surface area contributed by atoms with E-state index in [-0.39, 0.29) is 11.4 Å². The fraction of sp³-hybridized carbons (Fsp3) is 0.500. The Bertz CT molecular complexity index is 559. The standard InChI is InChI=1S/C12H18F2N2O2S/c1-8-4-9(2)11(5-10(8)6-15)19(17,18)16(3)7-12(13)14/h4-5,12H,6-7,15H2,1-3H3. The molecule has 0 unspecified atom stereocenters. The van der Waals surface area contributed by atoms with Crippen LogP contribution in [0, 0.1) is 13.8 Å². The molecule has 0 saturated heterocycles. The van der Waals surface area contributed by atoms with Gasteiger partial charge in [-0.25, -0.2) is 17.2 Å². The van der Waals surface area contributed by atoms with Crippen LogP contribution in [0.15, 0.2) is 17.0 Å². The van der Waals surface area contributed by atoms with Crippen LogP contribution in [0.25, 0.3) is 0 Å². The van der Waals surface area contributed by atoms with Crippen molar-refractivity contribution in [3.8, 4) is 0 Å². The Kier molecular flexibility index (Phi) is 5.00. The highest BCUT2D eigenvalue weighted by Gasteiger charge is 2.25. The molecule has 0 saturated carbocycles. The number of hydrogen-bond acceptors (Lipinski definition) is 3. The van der Waals surface area contributed by atoms with Crippen LogP contribution in [0.4, 0.5) is 8.78 Å². The Balaban J connectivity index is 3.28. The summed E-state index contributed by atoms with van der Waals surface area (Å²) in [5.41, 5.74) is 7.64. The van der Waals surface area contributed by atoms with Crippen molar-refractivity contribution in [3.63, 3.8) is 0 Å². The number of nitrogens with zero attached hydrogens (tertiary/aromatic N) is 1. The lowest BCUT2D eigenvalue weighted by Crippen LogP contribution is -2.32. The van der Waals surface area contributed by atoms with E-state index in [2.05, 4.69) is 0 Å². The van der Waals surface area contributed by atoms with Gasteiger partial charge < -0.3 is 5.73 Å². The van der Waals surface area contributed by atoms with Crippen molar-refractivity contribution in [2.45, 2.75) is 31.7 Å². The largest absolute Gasteiger partial charge is 0.326 e. The molecule has 4 nitrogen and oxygen atoms in total. The Morgan fingerprint density at radius 3 is 2.32 bits per heavy atom. The molecular weight excluding hydrogens is 274 g/mol. The van der Waals surface area contributed by atoms with Gasteiger partial charge in [0, 0.05) is 13.6 Å². The topological polar surface area (TPSA) is 63.4 Å². The Morgan fingerprint density at radius 2 is 1.84 bits per heavy atom. The highest BCUT2D eigenvalue weighted by Crippen LogP contribution is 2.23. The van der Waals surface area contributed by atoms with E-state index in [1.165, 1.54) is 6.07 Å². The summed E-state index contributed by atoms with van der Waals surface area (Å²) in [6.07, 6.45) is -2.71. The van der Waals surface area contributed by atoms with Gasteiger partial charge in [-0.3, -0.25) is 0 Å². The predicted molar refractivity (Wildman–Crippen MR) is 69.6 cm³/mol. The van der Waals surface area contributed by atoms with Crippen LogP contribution in [-0.2, 0) is 16.6 Å². The quantitative estimate of drug-likeness (QED) is 0.897. The zero-order chi connectivity index (χ0) is 14.8. The van der Waals surface area contributed by atoms with Gasteiger partial charge in [-0.2, -0.15) is 4.31 Å². The Morgan fingerprint density at radius 1 is 1.26 bits per heavy atom. The number of benzene rings is 1. The summed E-state index contributed by atoms with van der Waals surface area (Å²) < 4.78 is 49.7. The number of sulfonamides is 1. The zero-order valence-corrected chi connectivity index (χ0v) is 12.0. The van der Waals surface area contributed by atoms with Crippen LogP contribution in [0.5, 0.6) is 0 Å². The summed E-state index contributed by atoms with van der Waals surface area (Å²) in [5.74, 6) is 0. The van der Waals surface area contributed by atoms with E-state index < -0.39 is 23.0 Å². The molecule has 7 heteroatoms. The lowest BCUT2D eigenvalue weighted by molar-refractivity contribution is 0.126. The van der Waals surface area contributed by atoms with E-state index in [4.69, 9.17) is 5.73 Å². The number of nitrogens with two attached hydrogens (primary N) is 1. The van der Waals surface area contributed by atoms with E-state index in [9.17, 15) is 17.2 Å².